The zero-order chi connectivity index (χ0) is 29.0. The fourth-order valence-corrected chi connectivity index (χ4v) is 6.39. The minimum atomic E-state index is 0.154. The molecule has 5 nitrogen and oxygen atoms in total. The minimum absolute atomic E-state index is 0.154. The minimum Gasteiger partial charge on any atom is -0.436 e. The number of fused-ring (bicyclic) bond motifs is 6. The van der Waals surface area contributed by atoms with E-state index in [0.717, 1.165) is 67.5 Å². The van der Waals surface area contributed by atoms with Crippen molar-refractivity contribution in [1.29, 1.82) is 0 Å². The van der Waals surface area contributed by atoms with E-state index >= 15 is 0 Å². The summed E-state index contributed by atoms with van der Waals surface area (Å²) >= 11 is 0. The number of benzene rings is 5. The number of rotatable bonds is 4. The summed E-state index contributed by atoms with van der Waals surface area (Å²) in [4.78, 5) is 17.4. The van der Waals surface area contributed by atoms with Gasteiger partial charge in [0.05, 0.1) is 23.8 Å². The van der Waals surface area contributed by atoms with Crippen LogP contribution in [0, 0.1) is 0 Å². The second-order valence-electron chi connectivity index (χ2n) is 11.3. The average Bonchev–Trinajstić information content (AvgIpc) is 3.73. The van der Waals surface area contributed by atoms with Gasteiger partial charge in [-0.2, -0.15) is 0 Å². The summed E-state index contributed by atoms with van der Waals surface area (Å²) in [7, 11) is 0. The molecule has 2 aliphatic rings. The van der Waals surface area contributed by atoms with Gasteiger partial charge in [-0.15, -0.1) is 0 Å². The molecule has 4 heterocycles. The zero-order valence-corrected chi connectivity index (χ0v) is 23.8. The van der Waals surface area contributed by atoms with Crippen molar-refractivity contribution in [1.82, 2.24) is 14.9 Å². The van der Waals surface area contributed by atoms with Crippen molar-refractivity contribution in [3.8, 4) is 22.7 Å². The molecule has 2 aliphatic heterocycles. The number of amidine groups is 1. The molecule has 1 unspecified atom stereocenters. The summed E-state index contributed by atoms with van der Waals surface area (Å²) in [6.07, 6.45) is 6.50. The zero-order valence-electron chi connectivity index (χ0n) is 23.8. The van der Waals surface area contributed by atoms with Crippen molar-refractivity contribution < 1.29 is 4.42 Å². The van der Waals surface area contributed by atoms with Crippen LogP contribution in [0.5, 0.6) is 0 Å². The molecule has 2 aromatic heterocycles. The highest BCUT2D eigenvalue weighted by molar-refractivity contribution is 6.20. The molecule has 44 heavy (non-hydrogen) atoms. The Morgan fingerprint density at radius 3 is 2.23 bits per heavy atom. The van der Waals surface area contributed by atoms with Gasteiger partial charge in [0, 0.05) is 33.5 Å². The van der Waals surface area contributed by atoms with Crippen LogP contribution < -0.4 is 0 Å². The summed E-state index contributed by atoms with van der Waals surface area (Å²) in [6, 6.07) is 41.8. The smallest absolute Gasteiger partial charge is 0.227 e. The first kappa shape index (κ1) is 24.8. The van der Waals surface area contributed by atoms with Crippen molar-refractivity contribution in [3.63, 3.8) is 0 Å². The summed E-state index contributed by atoms with van der Waals surface area (Å²) in [5.74, 6) is 1.63. The lowest BCUT2D eigenvalue weighted by atomic mass is 9.97. The van der Waals surface area contributed by atoms with Crippen LogP contribution in [0.4, 0.5) is 0 Å². The third-order valence-electron chi connectivity index (χ3n) is 8.58. The molecule has 7 aromatic rings. The molecule has 0 aliphatic carbocycles. The van der Waals surface area contributed by atoms with Gasteiger partial charge in [-0.05, 0) is 59.2 Å². The largest absolute Gasteiger partial charge is 0.436 e. The van der Waals surface area contributed by atoms with Gasteiger partial charge >= 0.3 is 0 Å². The first-order chi connectivity index (χ1) is 21.8. The first-order valence-corrected chi connectivity index (χ1v) is 14.9. The number of hydrogen-bond donors (Lipinski definition) is 0. The third kappa shape index (κ3) is 4.05. The Morgan fingerprint density at radius 2 is 1.39 bits per heavy atom. The van der Waals surface area contributed by atoms with Crippen LogP contribution in [0.25, 0.3) is 61.1 Å². The summed E-state index contributed by atoms with van der Waals surface area (Å²) < 4.78 is 6.24. The van der Waals surface area contributed by atoms with E-state index in [1.54, 1.807) is 0 Å². The van der Waals surface area contributed by atoms with Gasteiger partial charge in [0.25, 0.3) is 0 Å². The van der Waals surface area contributed by atoms with Gasteiger partial charge in [0.2, 0.25) is 5.89 Å². The van der Waals surface area contributed by atoms with E-state index in [-0.39, 0.29) is 6.04 Å². The number of allylic oxidation sites excluding steroid dienone is 2. The lowest BCUT2D eigenvalue weighted by molar-refractivity contribution is 0.552. The lowest BCUT2D eigenvalue weighted by Crippen LogP contribution is -2.23. The number of aromatic nitrogens is 2. The van der Waals surface area contributed by atoms with Crippen LogP contribution >= 0.6 is 0 Å². The van der Waals surface area contributed by atoms with Crippen molar-refractivity contribution in [2.24, 2.45) is 4.99 Å². The molecule has 9 rings (SSSR count). The predicted octanol–water partition coefficient (Wildman–Crippen LogP) is 9.23. The maximum absolute atomic E-state index is 6.24. The van der Waals surface area contributed by atoms with Gasteiger partial charge in [-0.25, -0.2) is 9.97 Å². The number of para-hydroxylation sites is 1. The molecule has 0 saturated heterocycles. The highest BCUT2D eigenvalue weighted by Gasteiger charge is 2.26. The van der Waals surface area contributed by atoms with Crippen LogP contribution in [0.3, 0.4) is 0 Å². The standard InChI is InChI=1S/C39H26N4O/c1-3-9-26(10-4-1)33-24-43-23-29(19-22-35(43)40-33)25-15-17-27(18-16-25)37-31-20-21-34-38(36(31)30-13-7-8-14-32(30)41-37)42-39(44-34)28-11-5-2-6-12-28/h1-23,33H,24H2. The summed E-state index contributed by atoms with van der Waals surface area (Å²) in [5.41, 5.74) is 9.07. The monoisotopic (exact) mass is 566 g/mol. The maximum atomic E-state index is 6.24. The molecule has 208 valence electrons. The Balaban J connectivity index is 1.10. The number of aliphatic imine (C=N–C) groups is 1. The Hall–Kier alpha value is -5.81. The van der Waals surface area contributed by atoms with Gasteiger partial charge < -0.3 is 9.32 Å². The SMILES string of the molecule is C1=CC2=NC(c3ccccc3)CN2C=C1c1ccc(-c2nc3ccccc3c3c2ccc2oc(-c4ccccc4)nc23)cc1. The summed E-state index contributed by atoms with van der Waals surface area (Å²) in [5, 5.41) is 3.18. The number of pyridine rings is 1. The molecule has 0 bridgehead atoms. The quantitative estimate of drug-likeness (QED) is 0.199. The Bertz CT molecular complexity index is 2300. The normalized spacial score (nSPS) is 16.0. The highest BCUT2D eigenvalue weighted by atomic mass is 16.3. The van der Waals surface area contributed by atoms with Crippen LogP contribution in [-0.2, 0) is 0 Å². The van der Waals surface area contributed by atoms with Crippen molar-refractivity contribution in [2.75, 3.05) is 6.54 Å². The van der Waals surface area contributed by atoms with E-state index in [9.17, 15) is 0 Å². The molecule has 1 atom stereocenters. The number of hydrogen-bond acceptors (Lipinski definition) is 5. The molecular weight excluding hydrogens is 540 g/mol. The lowest BCUT2D eigenvalue weighted by Gasteiger charge is -2.20. The summed E-state index contributed by atoms with van der Waals surface area (Å²) in [6.45, 7) is 0.848. The molecule has 0 spiro atoms. The molecule has 5 aromatic carbocycles. The van der Waals surface area contributed by atoms with Crippen molar-refractivity contribution in [2.45, 2.75) is 6.04 Å². The van der Waals surface area contributed by atoms with Gasteiger partial charge in [-0.1, -0.05) is 91.0 Å². The van der Waals surface area contributed by atoms with E-state index < -0.39 is 0 Å². The molecular formula is C39H26N4O. The molecule has 0 radical (unpaired) electrons. The van der Waals surface area contributed by atoms with Crippen LogP contribution in [0.2, 0.25) is 0 Å². The number of nitrogens with zero attached hydrogens (tertiary/aromatic N) is 4. The fourth-order valence-electron chi connectivity index (χ4n) is 6.39. The van der Waals surface area contributed by atoms with Crippen molar-refractivity contribution >= 4 is 44.2 Å². The Kier molecular flexibility index (Phi) is 5.56. The van der Waals surface area contributed by atoms with Gasteiger partial charge in [0.15, 0.2) is 5.58 Å². The van der Waals surface area contributed by atoms with Gasteiger partial charge in [0.1, 0.15) is 11.4 Å². The van der Waals surface area contributed by atoms with E-state index in [0.29, 0.717) is 5.89 Å². The topological polar surface area (TPSA) is 54.5 Å². The van der Waals surface area contributed by atoms with E-state index in [1.807, 2.05) is 48.5 Å². The van der Waals surface area contributed by atoms with Crippen LogP contribution in [0.15, 0.2) is 149 Å². The fraction of sp³-hybridized carbons (Fsp3) is 0.0513. The third-order valence-corrected chi connectivity index (χ3v) is 8.58. The Morgan fingerprint density at radius 1 is 0.636 bits per heavy atom. The van der Waals surface area contributed by atoms with E-state index in [4.69, 9.17) is 19.4 Å². The van der Waals surface area contributed by atoms with Crippen molar-refractivity contribution in [3.05, 3.63) is 151 Å². The molecule has 0 fully saturated rings. The molecule has 5 heteroatoms. The molecule has 0 saturated carbocycles. The molecule has 0 N–H and O–H groups in total. The highest BCUT2D eigenvalue weighted by Crippen LogP contribution is 2.39. The predicted molar refractivity (Wildman–Crippen MR) is 178 cm³/mol. The number of oxazole rings is 1. The average molecular weight is 567 g/mol. The van der Waals surface area contributed by atoms with Crippen LogP contribution in [0.1, 0.15) is 17.2 Å². The first-order valence-electron chi connectivity index (χ1n) is 14.9. The Labute approximate surface area is 254 Å². The second kappa shape index (κ2) is 9.89. The second-order valence-corrected chi connectivity index (χ2v) is 11.3. The molecule has 0 amide bonds. The van der Waals surface area contributed by atoms with E-state index in [1.165, 1.54) is 11.1 Å². The van der Waals surface area contributed by atoms with Crippen LogP contribution in [-0.4, -0.2) is 27.2 Å². The van der Waals surface area contributed by atoms with Gasteiger partial charge in [-0.3, -0.25) is 4.99 Å². The van der Waals surface area contributed by atoms with E-state index in [2.05, 4.69) is 96.0 Å². The maximum Gasteiger partial charge on any atom is 0.227 e.